The molecule has 0 bridgehead atoms. The van der Waals surface area contributed by atoms with Crippen LogP contribution in [0.1, 0.15) is 64.4 Å². The van der Waals surface area contributed by atoms with Crippen molar-refractivity contribution >= 4 is 23.5 Å². The molecule has 0 unspecified atom stereocenters. The van der Waals surface area contributed by atoms with E-state index in [-0.39, 0.29) is 16.9 Å². The van der Waals surface area contributed by atoms with Crippen LogP contribution >= 0.6 is 11.6 Å². The van der Waals surface area contributed by atoms with E-state index in [0.29, 0.717) is 23.5 Å². The number of hydrogen-bond donors (Lipinski definition) is 1. The molecule has 5 rings (SSSR count). The van der Waals surface area contributed by atoms with Gasteiger partial charge in [-0.1, -0.05) is 49.2 Å². The number of fused-ring (bicyclic) bond motifs is 5. The number of carbonyl (C=O) groups is 1. The van der Waals surface area contributed by atoms with Crippen molar-refractivity contribution in [2.75, 3.05) is 0 Å². The zero-order valence-electron chi connectivity index (χ0n) is 17.5. The fourth-order valence-corrected chi connectivity index (χ4v) is 7.33. The second-order valence-electron chi connectivity index (χ2n) is 10.4. The van der Waals surface area contributed by atoms with Gasteiger partial charge in [-0.05, 0) is 97.5 Å². The third-order valence-corrected chi connectivity index (χ3v) is 9.18. The first kappa shape index (κ1) is 19.6. The predicted octanol–water partition coefficient (Wildman–Crippen LogP) is 6.23. The van der Waals surface area contributed by atoms with E-state index in [1.807, 2.05) is 24.3 Å². The average molecular weight is 411 g/mol. The molecule has 0 spiro atoms. The lowest BCUT2D eigenvalue weighted by molar-refractivity contribution is -0.130. The molecule has 2 nitrogen and oxygen atoms in total. The molecule has 1 aromatic rings. The van der Waals surface area contributed by atoms with Crippen LogP contribution < -0.4 is 0 Å². The molecule has 0 saturated heterocycles. The zero-order valence-corrected chi connectivity index (χ0v) is 18.2. The van der Waals surface area contributed by atoms with Crippen LogP contribution in [-0.4, -0.2) is 17.0 Å². The molecule has 3 saturated carbocycles. The van der Waals surface area contributed by atoms with Crippen LogP contribution in [0.4, 0.5) is 0 Å². The topological polar surface area (TPSA) is 37.3 Å². The Kier molecular flexibility index (Phi) is 4.60. The van der Waals surface area contributed by atoms with Crippen LogP contribution in [0.25, 0.3) is 6.08 Å². The van der Waals surface area contributed by atoms with Gasteiger partial charge in [0.15, 0.2) is 5.78 Å². The highest BCUT2D eigenvalue weighted by atomic mass is 35.5. The van der Waals surface area contributed by atoms with Crippen LogP contribution in [0, 0.1) is 28.6 Å². The highest BCUT2D eigenvalue weighted by Gasteiger charge is 2.59. The summed E-state index contributed by atoms with van der Waals surface area (Å²) >= 11 is 6.02. The SMILES string of the molecule is C[C@]12CC[C@H](O)CC1=CC[C@@H]1[C@H]3CC(=Cc4ccc(Cl)cc4)C(=O)[C@@]3(C)CC[C@@H]12. The van der Waals surface area contributed by atoms with Crippen molar-refractivity contribution in [3.8, 4) is 0 Å². The summed E-state index contributed by atoms with van der Waals surface area (Å²) in [5.41, 5.74) is 3.56. The summed E-state index contributed by atoms with van der Waals surface area (Å²) in [4.78, 5) is 13.5. The summed E-state index contributed by atoms with van der Waals surface area (Å²) in [5.74, 6) is 2.04. The Balaban J connectivity index is 1.47. The van der Waals surface area contributed by atoms with Gasteiger partial charge in [0.05, 0.1) is 6.10 Å². The van der Waals surface area contributed by atoms with E-state index in [1.165, 1.54) is 5.57 Å². The number of ketones is 1. The normalized spacial score (nSPS) is 42.8. The maximum absolute atomic E-state index is 13.5. The van der Waals surface area contributed by atoms with Gasteiger partial charge in [0.1, 0.15) is 0 Å². The molecule has 4 aliphatic rings. The van der Waals surface area contributed by atoms with Crippen LogP contribution in [-0.2, 0) is 4.79 Å². The highest BCUT2D eigenvalue weighted by molar-refractivity contribution is 6.30. The van der Waals surface area contributed by atoms with Gasteiger partial charge in [0.2, 0.25) is 0 Å². The second-order valence-corrected chi connectivity index (χ2v) is 10.8. The van der Waals surface area contributed by atoms with E-state index in [1.54, 1.807) is 0 Å². The van der Waals surface area contributed by atoms with Crippen molar-refractivity contribution in [1.82, 2.24) is 0 Å². The third kappa shape index (κ3) is 2.98. The Morgan fingerprint density at radius 2 is 1.76 bits per heavy atom. The molecular formula is C26H31ClO2. The number of rotatable bonds is 1. The monoisotopic (exact) mass is 410 g/mol. The maximum atomic E-state index is 13.5. The summed E-state index contributed by atoms with van der Waals surface area (Å²) in [6, 6.07) is 7.79. The van der Waals surface area contributed by atoms with E-state index in [4.69, 9.17) is 11.6 Å². The second kappa shape index (κ2) is 6.82. The Labute approximate surface area is 179 Å². The first-order chi connectivity index (χ1) is 13.8. The van der Waals surface area contributed by atoms with E-state index >= 15 is 0 Å². The highest BCUT2D eigenvalue weighted by Crippen LogP contribution is 2.64. The molecule has 1 N–H and O–H groups in total. The molecule has 154 valence electrons. The van der Waals surface area contributed by atoms with Crippen LogP contribution in [0.3, 0.4) is 0 Å². The van der Waals surface area contributed by atoms with Crippen molar-refractivity contribution < 1.29 is 9.90 Å². The lowest BCUT2D eigenvalue weighted by Crippen LogP contribution is -2.50. The molecule has 4 aliphatic carbocycles. The Bertz CT molecular complexity index is 898. The smallest absolute Gasteiger partial charge is 0.165 e. The van der Waals surface area contributed by atoms with Crippen LogP contribution in [0.5, 0.6) is 0 Å². The number of halogens is 1. The van der Waals surface area contributed by atoms with E-state index in [0.717, 1.165) is 61.1 Å². The van der Waals surface area contributed by atoms with Crippen LogP contribution in [0.15, 0.2) is 41.5 Å². The molecule has 29 heavy (non-hydrogen) atoms. The summed E-state index contributed by atoms with van der Waals surface area (Å²) < 4.78 is 0. The number of aliphatic hydroxyl groups is 1. The molecule has 3 fully saturated rings. The van der Waals surface area contributed by atoms with Gasteiger partial charge < -0.3 is 5.11 Å². The largest absolute Gasteiger partial charge is 0.393 e. The molecule has 0 amide bonds. The average Bonchev–Trinajstić information content (AvgIpc) is 2.95. The van der Waals surface area contributed by atoms with Gasteiger partial charge in [-0.3, -0.25) is 4.79 Å². The minimum absolute atomic E-state index is 0.165. The Hall–Kier alpha value is -1.38. The molecule has 1 aromatic carbocycles. The minimum Gasteiger partial charge on any atom is -0.393 e. The summed E-state index contributed by atoms with van der Waals surface area (Å²) in [6.07, 6.45) is 11.3. The van der Waals surface area contributed by atoms with Crippen molar-refractivity contribution in [1.29, 1.82) is 0 Å². The molecule has 3 heteroatoms. The standard InChI is InChI=1S/C26H31ClO2/c1-25-11-9-20(28)15-18(25)5-8-21-22(25)10-12-26(2)23(21)14-17(24(26)29)13-16-3-6-19(27)7-4-16/h3-7,13,20-23,28H,8-12,14-15H2,1-2H3/t20-,21-,22-,23+,25-,26-/m0/s1. The molecule has 0 aliphatic heterocycles. The van der Waals surface area contributed by atoms with Gasteiger partial charge in [-0.15, -0.1) is 0 Å². The van der Waals surface area contributed by atoms with Gasteiger partial charge in [0.25, 0.3) is 0 Å². The van der Waals surface area contributed by atoms with Gasteiger partial charge >= 0.3 is 0 Å². The van der Waals surface area contributed by atoms with Crippen molar-refractivity contribution in [2.45, 2.75) is 64.9 Å². The number of carbonyl (C=O) groups excluding carboxylic acids is 1. The number of Topliss-reactive ketones (excluding diaryl/α,β-unsaturated/α-hetero) is 1. The van der Waals surface area contributed by atoms with E-state index in [2.05, 4.69) is 26.0 Å². The first-order valence-corrected chi connectivity index (χ1v) is 11.6. The minimum atomic E-state index is -0.213. The van der Waals surface area contributed by atoms with E-state index < -0.39 is 0 Å². The third-order valence-electron chi connectivity index (χ3n) is 8.93. The zero-order chi connectivity index (χ0) is 20.4. The first-order valence-electron chi connectivity index (χ1n) is 11.2. The number of aliphatic hydroxyl groups excluding tert-OH is 1. The van der Waals surface area contributed by atoms with Gasteiger partial charge in [0, 0.05) is 10.4 Å². The van der Waals surface area contributed by atoms with Crippen molar-refractivity contribution in [2.24, 2.45) is 28.6 Å². The summed E-state index contributed by atoms with van der Waals surface area (Å²) in [7, 11) is 0. The predicted molar refractivity (Wildman–Crippen MR) is 118 cm³/mol. The molecular weight excluding hydrogens is 380 g/mol. The van der Waals surface area contributed by atoms with Crippen LogP contribution in [0.2, 0.25) is 5.02 Å². The fraction of sp³-hybridized carbons (Fsp3) is 0.577. The Morgan fingerprint density at radius 3 is 2.52 bits per heavy atom. The van der Waals surface area contributed by atoms with Gasteiger partial charge in [-0.25, -0.2) is 0 Å². The van der Waals surface area contributed by atoms with Gasteiger partial charge in [-0.2, -0.15) is 0 Å². The van der Waals surface area contributed by atoms with Crippen molar-refractivity contribution in [3.63, 3.8) is 0 Å². The lowest BCUT2D eigenvalue weighted by atomic mass is 9.48. The fourth-order valence-electron chi connectivity index (χ4n) is 7.20. The van der Waals surface area contributed by atoms with E-state index in [9.17, 15) is 9.90 Å². The summed E-state index contributed by atoms with van der Waals surface area (Å²) in [6.45, 7) is 4.66. The van der Waals surface area contributed by atoms with Crippen molar-refractivity contribution in [3.05, 3.63) is 52.1 Å². The number of allylic oxidation sites excluding steroid dienone is 2. The molecule has 6 atom stereocenters. The quantitative estimate of drug-likeness (QED) is 0.440. The maximum Gasteiger partial charge on any atom is 0.165 e. The lowest BCUT2D eigenvalue weighted by Gasteiger charge is -2.56. The molecule has 0 heterocycles. The summed E-state index contributed by atoms with van der Waals surface area (Å²) in [5, 5.41) is 10.9. The number of hydrogen-bond acceptors (Lipinski definition) is 2. The molecule has 0 radical (unpaired) electrons. The Morgan fingerprint density at radius 1 is 1.03 bits per heavy atom. The number of benzene rings is 1. The molecule has 0 aromatic heterocycles.